The van der Waals surface area contributed by atoms with E-state index in [2.05, 4.69) is 4.90 Å². The molecule has 1 heterocycles. The number of hydrogen-bond acceptors (Lipinski definition) is 3. The molecule has 1 saturated heterocycles. The van der Waals surface area contributed by atoms with E-state index in [9.17, 15) is 0 Å². The molecular weight excluding hydrogens is 152 g/mol. The third-order valence-corrected chi connectivity index (χ3v) is 3.04. The first kappa shape index (κ1) is 8.48. The minimum atomic E-state index is 0.243. The highest BCUT2D eigenvalue weighted by atomic mass is 16.5. The minimum Gasteiger partial charge on any atom is -0.372 e. The molecule has 1 aliphatic carbocycles. The maximum Gasteiger partial charge on any atom is 0.0809 e. The van der Waals surface area contributed by atoms with Gasteiger partial charge in [0, 0.05) is 26.2 Å². The summed E-state index contributed by atoms with van der Waals surface area (Å²) in [7, 11) is 0. The summed E-state index contributed by atoms with van der Waals surface area (Å²) in [5.41, 5.74) is 5.77. The summed E-state index contributed by atoms with van der Waals surface area (Å²) in [5, 5.41) is 0. The maximum absolute atomic E-state index is 5.80. The Balaban J connectivity index is 1.85. The van der Waals surface area contributed by atoms with Crippen LogP contribution in [0.4, 0.5) is 0 Å². The summed E-state index contributed by atoms with van der Waals surface area (Å²) in [4.78, 5) is 2.43. The van der Waals surface area contributed by atoms with Gasteiger partial charge in [-0.1, -0.05) is 0 Å². The topological polar surface area (TPSA) is 38.5 Å². The third-order valence-electron chi connectivity index (χ3n) is 3.04. The highest BCUT2D eigenvalue weighted by Crippen LogP contribution is 2.37. The second kappa shape index (κ2) is 3.32. The fourth-order valence-corrected chi connectivity index (χ4v) is 2.17. The molecular formula is C9H18N2O. The molecule has 2 N–H and O–H groups in total. The van der Waals surface area contributed by atoms with Crippen molar-refractivity contribution in [3.05, 3.63) is 0 Å². The fraction of sp³-hybridized carbons (Fsp3) is 1.00. The van der Waals surface area contributed by atoms with Gasteiger partial charge in [-0.05, 0) is 19.3 Å². The number of nitrogens with two attached hydrogens (primary N) is 1. The second-order valence-corrected chi connectivity index (χ2v) is 3.95. The summed E-state index contributed by atoms with van der Waals surface area (Å²) in [5.74, 6) is 0. The zero-order valence-electron chi connectivity index (χ0n) is 7.59. The van der Waals surface area contributed by atoms with Gasteiger partial charge in [-0.2, -0.15) is 0 Å². The van der Waals surface area contributed by atoms with Gasteiger partial charge >= 0.3 is 0 Å². The lowest BCUT2D eigenvalue weighted by Crippen LogP contribution is -2.56. The van der Waals surface area contributed by atoms with Crippen LogP contribution >= 0.6 is 0 Å². The van der Waals surface area contributed by atoms with E-state index in [-0.39, 0.29) is 5.60 Å². The van der Waals surface area contributed by atoms with Crippen LogP contribution in [0, 0.1) is 0 Å². The van der Waals surface area contributed by atoms with Gasteiger partial charge < -0.3 is 10.5 Å². The van der Waals surface area contributed by atoms with E-state index in [1.54, 1.807) is 0 Å². The molecule has 12 heavy (non-hydrogen) atoms. The van der Waals surface area contributed by atoms with Crippen molar-refractivity contribution in [3.8, 4) is 0 Å². The Morgan fingerprint density at radius 2 is 2.25 bits per heavy atom. The lowest BCUT2D eigenvalue weighted by Gasteiger charge is -2.48. The first-order valence-corrected chi connectivity index (χ1v) is 4.91. The number of ether oxygens (including phenoxy) is 1. The van der Waals surface area contributed by atoms with Crippen molar-refractivity contribution < 1.29 is 4.74 Å². The summed E-state index contributed by atoms with van der Waals surface area (Å²) >= 11 is 0. The first-order valence-electron chi connectivity index (χ1n) is 4.91. The van der Waals surface area contributed by atoms with Crippen molar-refractivity contribution in [2.75, 3.05) is 32.8 Å². The molecule has 1 aliphatic heterocycles. The van der Waals surface area contributed by atoms with Gasteiger partial charge in [0.2, 0.25) is 0 Å². The van der Waals surface area contributed by atoms with Crippen LogP contribution in [0.5, 0.6) is 0 Å². The average Bonchev–Trinajstić information content (AvgIpc) is 2.03. The van der Waals surface area contributed by atoms with Gasteiger partial charge in [0.25, 0.3) is 0 Å². The standard InChI is InChI=1S/C9H18N2O/c10-4-5-11-6-7-12-9(8-11)2-1-3-9/h1-8,10H2. The van der Waals surface area contributed by atoms with Crippen LogP contribution in [0.15, 0.2) is 0 Å². The molecule has 3 heteroatoms. The first-order chi connectivity index (χ1) is 5.85. The minimum absolute atomic E-state index is 0.243. The number of rotatable bonds is 2. The summed E-state index contributed by atoms with van der Waals surface area (Å²) in [6.45, 7) is 4.89. The smallest absolute Gasteiger partial charge is 0.0809 e. The quantitative estimate of drug-likeness (QED) is 0.643. The number of morpholine rings is 1. The zero-order chi connectivity index (χ0) is 8.44. The summed E-state index contributed by atoms with van der Waals surface area (Å²) < 4.78 is 5.80. The Hall–Kier alpha value is -0.120. The van der Waals surface area contributed by atoms with Crippen LogP contribution in [-0.2, 0) is 4.74 Å². The highest BCUT2D eigenvalue weighted by Gasteiger charge is 2.41. The number of nitrogens with zero attached hydrogens (tertiary/aromatic N) is 1. The average molecular weight is 170 g/mol. The highest BCUT2D eigenvalue weighted by molar-refractivity contribution is 4.94. The number of hydrogen-bond donors (Lipinski definition) is 1. The van der Waals surface area contributed by atoms with Gasteiger partial charge in [-0.25, -0.2) is 0 Å². The molecule has 0 amide bonds. The Kier molecular flexibility index (Phi) is 2.35. The largest absolute Gasteiger partial charge is 0.372 e. The lowest BCUT2D eigenvalue weighted by molar-refractivity contribution is -0.150. The molecule has 0 atom stereocenters. The van der Waals surface area contributed by atoms with Gasteiger partial charge in [0.1, 0.15) is 0 Å². The van der Waals surface area contributed by atoms with Crippen molar-refractivity contribution in [2.24, 2.45) is 5.73 Å². The van der Waals surface area contributed by atoms with Crippen LogP contribution < -0.4 is 5.73 Å². The maximum atomic E-state index is 5.80. The van der Waals surface area contributed by atoms with Crippen LogP contribution in [0.25, 0.3) is 0 Å². The van der Waals surface area contributed by atoms with Gasteiger partial charge in [-0.15, -0.1) is 0 Å². The van der Waals surface area contributed by atoms with Gasteiger partial charge in [0.15, 0.2) is 0 Å². The van der Waals surface area contributed by atoms with Crippen LogP contribution in [-0.4, -0.2) is 43.3 Å². The molecule has 2 aliphatic rings. The van der Waals surface area contributed by atoms with E-state index in [0.717, 1.165) is 32.8 Å². The summed E-state index contributed by atoms with van der Waals surface area (Å²) in [6, 6.07) is 0. The normalized spacial score (nSPS) is 28.8. The second-order valence-electron chi connectivity index (χ2n) is 3.95. The van der Waals surface area contributed by atoms with Crippen molar-refractivity contribution >= 4 is 0 Å². The van der Waals surface area contributed by atoms with Gasteiger partial charge in [-0.3, -0.25) is 4.90 Å². The van der Waals surface area contributed by atoms with Gasteiger partial charge in [0.05, 0.1) is 12.2 Å². The zero-order valence-corrected chi connectivity index (χ0v) is 7.59. The molecule has 1 spiro atoms. The third kappa shape index (κ3) is 1.49. The van der Waals surface area contributed by atoms with Crippen LogP contribution in [0.2, 0.25) is 0 Å². The van der Waals surface area contributed by atoms with Crippen LogP contribution in [0.1, 0.15) is 19.3 Å². The monoisotopic (exact) mass is 170 g/mol. The summed E-state index contributed by atoms with van der Waals surface area (Å²) in [6.07, 6.45) is 3.86. The van der Waals surface area contributed by atoms with Crippen molar-refractivity contribution in [2.45, 2.75) is 24.9 Å². The van der Waals surface area contributed by atoms with E-state index < -0.39 is 0 Å². The van der Waals surface area contributed by atoms with Crippen molar-refractivity contribution in [3.63, 3.8) is 0 Å². The van der Waals surface area contributed by atoms with E-state index >= 15 is 0 Å². The lowest BCUT2D eigenvalue weighted by atomic mass is 9.79. The predicted octanol–water partition coefficient (Wildman–Crippen LogP) is 0.200. The Bertz CT molecular complexity index is 155. The Morgan fingerprint density at radius 3 is 2.83 bits per heavy atom. The molecule has 0 aromatic carbocycles. The molecule has 0 unspecified atom stereocenters. The van der Waals surface area contributed by atoms with E-state index in [1.165, 1.54) is 19.3 Å². The van der Waals surface area contributed by atoms with E-state index in [4.69, 9.17) is 10.5 Å². The molecule has 0 aromatic rings. The van der Waals surface area contributed by atoms with E-state index in [0.29, 0.717) is 0 Å². The molecule has 2 fully saturated rings. The molecule has 1 saturated carbocycles. The van der Waals surface area contributed by atoms with Crippen molar-refractivity contribution in [1.82, 2.24) is 4.90 Å². The Labute approximate surface area is 73.9 Å². The molecule has 3 nitrogen and oxygen atoms in total. The SMILES string of the molecule is NCCN1CCOC2(CCC2)C1. The predicted molar refractivity (Wildman–Crippen MR) is 48.0 cm³/mol. The Morgan fingerprint density at radius 1 is 1.42 bits per heavy atom. The fourth-order valence-electron chi connectivity index (χ4n) is 2.17. The molecule has 70 valence electrons. The molecule has 0 aromatic heterocycles. The molecule has 0 bridgehead atoms. The molecule has 0 radical (unpaired) electrons. The van der Waals surface area contributed by atoms with E-state index in [1.807, 2.05) is 0 Å². The van der Waals surface area contributed by atoms with Crippen LogP contribution in [0.3, 0.4) is 0 Å². The van der Waals surface area contributed by atoms with Crippen molar-refractivity contribution in [1.29, 1.82) is 0 Å². The molecule has 2 rings (SSSR count).